The Balaban J connectivity index is 3.91. The molecule has 0 aliphatic carbocycles. The van der Waals surface area contributed by atoms with Gasteiger partial charge in [-0.3, -0.25) is 4.18 Å². The molecule has 84 valence electrons. The zero-order chi connectivity index (χ0) is 11.2. The number of rotatable bonds is 7. The van der Waals surface area contributed by atoms with Gasteiger partial charge in [0.05, 0.1) is 12.9 Å². The molecule has 0 aromatic carbocycles. The third-order valence-corrected chi connectivity index (χ3v) is 3.02. The zero-order valence-electron chi connectivity index (χ0n) is 9.19. The summed E-state index contributed by atoms with van der Waals surface area (Å²) in [5.74, 6) is 0.859. The van der Waals surface area contributed by atoms with E-state index in [2.05, 4.69) is 24.6 Å². The number of hydrogen-bond donors (Lipinski definition) is 0. The largest absolute Gasteiger partial charge is 0.270 e. The Morgan fingerprint density at radius 2 is 2.07 bits per heavy atom. The summed E-state index contributed by atoms with van der Waals surface area (Å²) in [6.07, 6.45) is 4.72. The first kappa shape index (κ1) is 13.7. The minimum Gasteiger partial charge on any atom is -0.270 e. The van der Waals surface area contributed by atoms with Gasteiger partial charge in [0, 0.05) is 0 Å². The molecule has 0 fully saturated rings. The summed E-state index contributed by atoms with van der Waals surface area (Å²) in [7, 11) is -3.29. The van der Waals surface area contributed by atoms with E-state index >= 15 is 0 Å². The highest BCUT2D eigenvalue weighted by Crippen LogP contribution is 2.19. The van der Waals surface area contributed by atoms with Gasteiger partial charge in [0.25, 0.3) is 10.1 Å². The zero-order valence-corrected chi connectivity index (χ0v) is 10.0. The molecule has 0 aromatic heterocycles. The molecule has 0 saturated heterocycles. The highest BCUT2D eigenvalue weighted by molar-refractivity contribution is 7.85. The van der Waals surface area contributed by atoms with Gasteiger partial charge < -0.3 is 0 Å². The van der Waals surface area contributed by atoms with E-state index in [1.807, 2.05) is 6.08 Å². The summed E-state index contributed by atoms with van der Waals surface area (Å²) >= 11 is 0. The molecule has 0 aromatic rings. The van der Waals surface area contributed by atoms with Crippen LogP contribution in [0.4, 0.5) is 0 Å². The maximum Gasteiger partial charge on any atom is 0.264 e. The predicted octanol–water partition coefficient (Wildman–Crippen LogP) is 2.20. The van der Waals surface area contributed by atoms with Crippen LogP contribution < -0.4 is 0 Å². The van der Waals surface area contributed by atoms with Gasteiger partial charge in [0.1, 0.15) is 0 Å². The third kappa shape index (κ3) is 6.16. The minimum absolute atomic E-state index is 0.250. The first-order chi connectivity index (χ1) is 6.40. The summed E-state index contributed by atoms with van der Waals surface area (Å²) in [5.41, 5.74) is 0. The molecule has 0 radical (unpaired) electrons. The van der Waals surface area contributed by atoms with E-state index in [4.69, 9.17) is 0 Å². The highest BCUT2D eigenvalue weighted by atomic mass is 32.2. The average molecular weight is 220 g/mol. The van der Waals surface area contributed by atoms with Crippen LogP contribution >= 0.6 is 0 Å². The first-order valence-corrected chi connectivity index (χ1v) is 6.69. The van der Waals surface area contributed by atoms with Crippen LogP contribution in [-0.4, -0.2) is 21.3 Å². The Kier molecular flexibility index (Phi) is 6.04. The average Bonchev–Trinajstić information content (AvgIpc) is 2.09. The van der Waals surface area contributed by atoms with Crippen LogP contribution in [0, 0.1) is 11.8 Å². The predicted molar refractivity (Wildman–Crippen MR) is 58.6 cm³/mol. The van der Waals surface area contributed by atoms with E-state index in [9.17, 15) is 8.42 Å². The van der Waals surface area contributed by atoms with E-state index in [0.29, 0.717) is 18.3 Å². The summed E-state index contributed by atoms with van der Waals surface area (Å²) in [6, 6.07) is 0. The molecule has 2 atom stereocenters. The van der Waals surface area contributed by atoms with Gasteiger partial charge in [0.2, 0.25) is 0 Å². The highest BCUT2D eigenvalue weighted by Gasteiger charge is 2.12. The molecule has 0 aliphatic heterocycles. The van der Waals surface area contributed by atoms with Crippen LogP contribution in [0.15, 0.2) is 12.7 Å². The molecule has 0 rings (SSSR count). The molecule has 0 saturated carbocycles. The lowest BCUT2D eigenvalue weighted by atomic mass is 9.89. The lowest BCUT2D eigenvalue weighted by molar-refractivity contribution is 0.271. The van der Waals surface area contributed by atoms with Crippen LogP contribution in [-0.2, 0) is 14.3 Å². The normalized spacial score (nSPS) is 16.2. The van der Waals surface area contributed by atoms with Crippen molar-refractivity contribution in [2.24, 2.45) is 11.8 Å². The second-order valence-electron chi connectivity index (χ2n) is 3.60. The van der Waals surface area contributed by atoms with Crippen LogP contribution in [0.5, 0.6) is 0 Å². The van der Waals surface area contributed by atoms with E-state index < -0.39 is 10.1 Å². The first-order valence-electron chi connectivity index (χ1n) is 4.87. The molecular weight excluding hydrogens is 200 g/mol. The molecule has 0 bridgehead atoms. The Labute approximate surface area is 87.3 Å². The van der Waals surface area contributed by atoms with Gasteiger partial charge in [-0.15, -0.1) is 6.58 Å². The number of hydrogen-bond acceptors (Lipinski definition) is 3. The second-order valence-corrected chi connectivity index (χ2v) is 5.24. The Hall–Kier alpha value is -0.350. The van der Waals surface area contributed by atoms with Crippen LogP contribution in [0.1, 0.15) is 26.7 Å². The lowest BCUT2D eigenvalue weighted by Crippen LogP contribution is -2.13. The summed E-state index contributed by atoms with van der Waals surface area (Å²) in [6.45, 7) is 8.23. The molecule has 0 amide bonds. The second kappa shape index (κ2) is 6.19. The van der Waals surface area contributed by atoms with Gasteiger partial charge in [-0.25, -0.2) is 0 Å². The fourth-order valence-corrected chi connectivity index (χ4v) is 1.67. The van der Waals surface area contributed by atoms with Crippen LogP contribution in [0.3, 0.4) is 0 Å². The maximum absolute atomic E-state index is 10.7. The van der Waals surface area contributed by atoms with Gasteiger partial charge in [0.15, 0.2) is 0 Å². The van der Waals surface area contributed by atoms with Crippen molar-refractivity contribution in [2.45, 2.75) is 26.7 Å². The van der Waals surface area contributed by atoms with Gasteiger partial charge in [-0.1, -0.05) is 26.3 Å². The van der Waals surface area contributed by atoms with E-state index in [-0.39, 0.29) is 6.61 Å². The van der Waals surface area contributed by atoms with E-state index in [0.717, 1.165) is 12.7 Å². The van der Waals surface area contributed by atoms with Crippen LogP contribution in [0.2, 0.25) is 0 Å². The van der Waals surface area contributed by atoms with E-state index in [1.54, 1.807) is 0 Å². The molecule has 4 heteroatoms. The molecule has 0 aliphatic rings. The third-order valence-electron chi connectivity index (χ3n) is 2.43. The topological polar surface area (TPSA) is 43.4 Å². The monoisotopic (exact) mass is 220 g/mol. The smallest absolute Gasteiger partial charge is 0.264 e. The quantitative estimate of drug-likeness (QED) is 0.488. The van der Waals surface area contributed by atoms with Crippen molar-refractivity contribution in [3.05, 3.63) is 12.7 Å². The van der Waals surface area contributed by atoms with Crippen LogP contribution in [0.25, 0.3) is 0 Å². The van der Waals surface area contributed by atoms with Crippen molar-refractivity contribution < 1.29 is 12.6 Å². The van der Waals surface area contributed by atoms with Crippen molar-refractivity contribution in [2.75, 3.05) is 12.9 Å². The molecule has 14 heavy (non-hydrogen) atoms. The molecule has 3 nitrogen and oxygen atoms in total. The minimum atomic E-state index is -3.29. The van der Waals surface area contributed by atoms with Gasteiger partial charge >= 0.3 is 0 Å². The maximum atomic E-state index is 10.7. The molecule has 0 heterocycles. The van der Waals surface area contributed by atoms with Gasteiger partial charge in [-0.2, -0.15) is 8.42 Å². The fraction of sp³-hybridized carbons (Fsp3) is 0.800. The number of allylic oxidation sites excluding steroid dienone is 1. The molecular formula is C10H20O3S. The van der Waals surface area contributed by atoms with Crippen molar-refractivity contribution >= 4 is 10.1 Å². The lowest BCUT2D eigenvalue weighted by Gasteiger charge is -2.18. The van der Waals surface area contributed by atoms with Gasteiger partial charge in [-0.05, 0) is 18.3 Å². The Morgan fingerprint density at radius 3 is 2.43 bits per heavy atom. The summed E-state index contributed by atoms with van der Waals surface area (Å²) in [4.78, 5) is 0. The Bertz CT molecular complexity index is 257. The Morgan fingerprint density at radius 1 is 1.50 bits per heavy atom. The van der Waals surface area contributed by atoms with Crippen molar-refractivity contribution in [1.29, 1.82) is 0 Å². The summed E-state index contributed by atoms with van der Waals surface area (Å²) in [5, 5.41) is 0. The fourth-order valence-electron chi connectivity index (χ4n) is 1.27. The molecule has 0 spiro atoms. The van der Waals surface area contributed by atoms with E-state index in [1.165, 1.54) is 0 Å². The molecule has 2 unspecified atom stereocenters. The SMILES string of the molecule is C=CC(CCOS(C)(=O)=O)C(C)CC. The standard InChI is InChI=1S/C10H20O3S/c1-5-9(3)10(6-2)7-8-13-14(4,11)12/h6,9-10H,2,5,7-8H2,1,3-4H3. The van der Waals surface area contributed by atoms with Crippen molar-refractivity contribution in [3.63, 3.8) is 0 Å². The summed E-state index contributed by atoms with van der Waals surface area (Å²) < 4.78 is 26.1. The van der Waals surface area contributed by atoms with Crippen molar-refractivity contribution in [1.82, 2.24) is 0 Å². The van der Waals surface area contributed by atoms with Crippen molar-refractivity contribution in [3.8, 4) is 0 Å². The molecule has 0 N–H and O–H groups in total.